The highest BCUT2D eigenvalue weighted by molar-refractivity contribution is 9.11. The number of hydrogen-bond acceptors (Lipinski definition) is 6. The van der Waals surface area contributed by atoms with Gasteiger partial charge in [-0.2, -0.15) is 0 Å². The topological polar surface area (TPSA) is 105 Å². The molecule has 4 aromatic carbocycles. The number of fused-ring (bicyclic) bond motifs is 2. The first kappa shape index (κ1) is 35.9. The first-order valence-electron chi connectivity index (χ1n) is 15.1. The van der Waals surface area contributed by atoms with Gasteiger partial charge < -0.3 is 9.31 Å². The maximum Gasteiger partial charge on any atom is 0.495 e. The molecule has 0 saturated carbocycles. The highest BCUT2D eigenvalue weighted by atomic mass is 79.9. The molecule has 246 valence electrons. The summed E-state index contributed by atoms with van der Waals surface area (Å²) in [6, 6.07) is 22.0. The van der Waals surface area contributed by atoms with Crippen LogP contribution in [0.4, 0.5) is 11.4 Å². The minimum Gasteiger partial charge on any atom is -0.399 e. The Bertz CT molecular complexity index is 1940. The summed E-state index contributed by atoms with van der Waals surface area (Å²) in [6.07, 6.45) is 10.3. The van der Waals surface area contributed by atoms with E-state index in [0.717, 1.165) is 38.5 Å². The highest BCUT2D eigenvalue weighted by Crippen LogP contribution is 2.39. The first-order valence-corrected chi connectivity index (χ1v) is 17.5. The Hall–Kier alpha value is -3.42. The molecule has 0 spiro atoms. The smallest absolute Gasteiger partial charge is 0.399 e. The van der Waals surface area contributed by atoms with Gasteiger partial charge in [0, 0.05) is 21.1 Å². The van der Waals surface area contributed by atoms with Crippen molar-refractivity contribution in [1.29, 1.82) is 0 Å². The van der Waals surface area contributed by atoms with Gasteiger partial charge in [0.2, 0.25) is 0 Å². The van der Waals surface area contributed by atoms with Gasteiger partial charge in [-0.25, -0.2) is 0 Å². The van der Waals surface area contributed by atoms with Gasteiger partial charge >= 0.3 is 7.12 Å². The van der Waals surface area contributed by atoms with Gasteiger partial charge in [-0.1, -0.05) is 92.6 Å². The first-order chi connectivity index (χ1) is 22.7. The van der Waals surface area contributed by atoms with Gasteiger partial charge in [-0.05, 0) is 114 Å². The average molecular weight is 839 g/mol. The zero-order chi connectivity index (χ0) is 34.8. The predicted molar refractivity (Wildman–Crippen MR) is 202 cm³/mol. The third-order valence-corrected chi connectivity index (χ3v) is 10.4. The molecule has 8 nitrogen and oxygen atoms in total. The maximum atomic E-state index is 11.2. The molecule has 1 heterocycles. The second kappa shape index (κ2) is 14.6. The molecule has 48 heavy (non-hydrogen) atoms. The Balaban J connectivity index is 0.000000146. The van der Waals surface area contributed by atoms with Crippen LogP contribution in [0.15, 0.2) is 98.4 Å². The minimum absolute atomic E-state index is 0.0770. The van der Waals surface area contributed by atoms with Crippen LogP contribution >= 0.6 is 47.8 Å². The van der Waals surface area contributed by atoms with Gasteiger partial charge in [0.25, 0.3) is 11.4 Å². The third kappa shape index (κ3) is 7.73. The summed E-state index contributed by atoms with van der Waals surface area (Å²) in [5.41, 5.74) is 7.40. The molecular weight excluding hydrogens is 807 g/mol. The zero-order valence-corrected chi connectivity index (χ0v) is 31.5. The number of hydrogen-bond donors (Lipinski definition) is 0. The van der Waals surface area contributed by atoms with Crippen molar-refractivity contribution in [1.82, 2.24) is 0 Å². The lowest BCUT2D eigenvalue weighted by Gasteiger charge is -2.32. The Morgan fingerprint density at radius 1 is 0.667 bits per heavy atom. The normalized spacial score (nSPS) is 15.9. The summed E-state index contributed by atoms with van der Waals surface area (Å²) in [5, 5.41) is 21.5. The number of nitro benzene ring substituents is 2. The fraction of sp³-hybridized carbons (Fsp3) is 0.222. The summed E-state index contributed by atoms with van der Waals surface area (Å²) in [5.74, 6) is 0. The summed E-state index contributed by atoms with van der Waals surface area (Å²) in [6.45, 7) is 8.37. The fourth-order valence-corrected chi connectivity index (χ4v) is 7.12. The molecule has 12 heteroatoms. The van der Waals surface area contributed by atoms with Gasteiger partial charge in [0.05, 0.1) is 31.1 Å². The molecular formula is C36H32BBr3N2O6. The SMILES string of the molecule is CC1(C)OB(c2cccc3c2CC=C3)OC1(C)C.O=[N+]([O-])c1ccc(Br)cc1-c1cccc2c1CC=C2.O=[N+]([O-])c1ccc(Br)cc1Br. The zero-order valence-electron chi connectivity index (χ0n) is 26.7. The van der Waals surface area contributed by atoms with Crippen molar-refractivity contribution < 1.29 is 19.2 Å². The number of rotatable bonds is 4. The summed E-state index contributed by atoms with van der Waals surface area (Å²) in [4.78, 5) is 20.7. The molecule has 0 bridgehead atoms. The van der Waals surface area contributed by atoms with E-state index in [1.165, 1.54) is 22.7 Å². The van der Waals surface area contributed by atoms with Crippen LogP contribution in [-0.4, -0.2) is 28.2 Å². The molecule has 1 aliphatic heterocycles. The Kier molecular flexibility index (Phi) is 10.9. The van der Waals surface area contributed by atoms with E-state index in [-0.39, 0.29) is 34.6 Å². The molecule has 0 radical (unpaired) electrons. The van der Waals surface area contributed by atoms with Crippen molar-refractivity contribution in [3.8, 4) is 11.1 Å². The lowest BCUT2D eigenvalue weighted by atomic mass is 9.75. The number of nitrogens with zero attached hydrogens (tertiary/aromatic N) is 2. The van der Waals surface area contributed by atoms with Crippen molar-refractivity contribution >= 4 is 83.9 Å². The molecule has 0 N–H and O–H groups in total. The Morgan fingerprint density at radius 2 is 1.19 bits per heavy atom. The summed E-state index contributed by atoms with van der Waals surface area (Å²) >= 11 is 9.65. The molecule has 1 saturated heterocycles. The number of benzene rings is 4. The molecule has 2 aliphatic carbocycles. The van der Waals surface area contributed by atoms with E-state index in [4.69, 9.17) is 9.31 Å². The van der Waals surface area contributed by atoms with Crippen LogP contribution in [0, 0.1) is 20.2 Å². The lowest BCUT2D eigenvalue weighted by molar-refractivity contribution is -0.385. The van der Waals surface area contributed by atoms with Gasteiger partial charge in [-0.3, -0.25) is 20.2 Å². The van der Waals surface area contributed by atoms with E-state index in [2.05, 4.69) is 118 Å². The Labute approximate surface area is 305 Å². The molecule has 0 unspecified atom stereocenters. The van der Waals surface area contributed by atoms with Gasteiger partial charge in [0.15, 0.2) is 0 Å². The molecule has 4 aromatic rings. The second-order valence-electron chi connectivity index (χ2n) is 12.4. The molecule has 3 aliphatic rings. The third-order valence-electron chi connectivity index (χ3n) is 8.76. The van der Waals surface area contributed by atoms with E-state index in [1.807, 2.05) is 24.3 Å². The van der Waals surface area contributed by atoms with Crippen molar-refractivity contribution in [2.24, 2.45) is 0 Å². The largest absolute Gasteiger partial charge is 0.495 e. The monoisotopic (exact) mass is 836 g/mol. The minimum atomic E-state index is -0.434. The predicted octanol–water partition coefficient (Wildman–Crippen LogP) is 10.3. The average Bonchev–Trinajstić information content (AvgIpc) is 3.75. The molecule has 0 amide bonds. The highest BCUT2D eigenvalue weighted by Gasteiger charge is 2.52. The van der Waals surface area contributed by atoms with Crippen LogP contribution in [-0.2, 0) is 22.2 Å². The van der Waals surface area contributed by atoms with E-state index >= 15 is 0 Å². The van der Waals surface area contributed by atoms with E-state index < -0.39 is 4.92 Å². The van der Waals surface area contributed by atoms with Gasteiger partial charge in [0.1, 0.15) is 0 Å². The number of nitro groups is 2. The van der Waals surface area contributed by atoms with Crippen molar-refractivity contribution in [2.45, 2.75) is 51.7 Å². The van der Waals surface area contributed by atoms with Crippen LogP contribution < -0.4 is 5.46 Å². The number of allylic oxidation sites excluding steroid dienone is 2. The van der Waals surface area contributed by atoms with Crippen LogP contribution in [0.5, 0.6) is 0 Å². The van der Waals surface area contributed by atoms with Gasteiger partial charge in [-0.15, -0.1) is 0 Å². The second-order valence-corrected chi connectivity index (χ2v) is 15.0. The standard InChI is InChI=1S/C15H19BO2.C15H10BrNO2.C6H3Br2NO2/c1-14(2)15(3,4)18-16(17-14)13-10-6-8-11-7-5-9-12(11)13;16-11-7-8-15(17(18)19)14(9-11)13-6-2-4-10-3-1-5-12(10)13;7-4-1-2-6(9(10)11)5(8)3-4/h5-8,10H,9H2,1-4H3;1-4,6-9H,5H2;1-3H. The molecule has 0 atom stereocenters. The molecule has 0 aromatic heterocycles. The van der Waals surface area contributed by atoms with E-state index in [1.54, 1.807) is 24.3 Å². The number of halogens is 3. The summed E-state index contributed by atoms with van der Waals surface area (Å²) < 4.78 is 14.4. The van der Waals surface area contributed by atoms with E-state index in [0.29, 0.717) is 10.0 Å². The van der Waals surface area contributed by atoms with Crippen molar-refractivity contribution in [2.75, 3.05) is 0 Å². The van der Waals surface area contributed by atoms with Crippen LogP contribution in [0.3, 0.4) is 0 Å². The van der Waals surface area contributed by atoms with Crippen molar-refractivity contribution in [3.63, 3.8) is 0 Å². The van der Waals surface area contributed by atoms with E-state index in [9.17, 15) is 20.2 Å². The van der Waals surface area contributed by atoms with Crippen LogP contribution in [0.1, 0.15) is 49.9 Å². The quantitative estimate of drug-likeness (QED) is 0.115. The summed E-state index contributed by atoms with van der Waals surface area (Å²) in [7, 11) is -0.246. The Morgan fingerprint density at radius 3 is 1.77 bits per heavy atom. The lowest BCUT2D eigenvalue weighted by Crippen LogP contribution is -2.41. The van der Waals surface area contributed by atoms with Crippen LogP contribution in [0.2, 0.25) is 0 Å². The van der Waals surface area contributed by atoms with Crippen LogP contribution in [0.25, 0.3) is 23.3 Å². The van der Waals surface area contributed by atoms with Crippen molar-refractivity contribution in [3.05, 3.63) is 141 Å². The molecule has 7 rings (SSSR count). The molecule has 1 fully saturated rings. The maximum absolute atomic E-state index is 11.2. The fourth-order valence-electron chi connectivity index (χ4n) is 5.57.